The van der Waals surface area contributed by atoms with Crippen molar-refractivity contribution in [3.63, 3.8) is 0 Å². The van der Waals surface area contributed by atoms with Crippen LogP contribution in [0.15, 0.2) is 36.4 Å². The lowest BCUT2D eigenvalue weighted by Gasteiger charge is -2.18. The van der Waals surface area contributed by atoms with E-state index in [4.69, 9.17) is 4.74 Å². The van der Waals surface area contributed by atoms with Gasteiger partial charge in [-0.25, -0.2) is 13.6 Å². The number of carbonyl (C=O) groups excluding carboxylic acids is 3. The normalized spacial score (nSPS) is 10.3. The van der Waals surface area contributed by atoms with Gasteiger partial charge in [0.25, 0.3) is 5.91 Å². The topological polar surface area (TPSA) is 75.7 Å². The van der Waals surface area contributed by atoms with Crippen LogP contribution in [0.3, 0.4) is 0 Å². The van der Waals surface area contributed by atoms with Crippen molar-refractivity contribution in [2.45, 2.75) is 13.8 Å². The average molecular weight is 390 g/mol. The molecular formula is C20H20F2N2O4. The molecule has 0 aliphatic rings. The van der Waals surface area contributed by atoms with E-state index in [1.54, 1.807) is 0 Å². The van der Waals surface area contributed by atoms with Gasteiger partial charge in [0.2, 0.25) is 5.91 Å². The van der Waals surface area contributed by atoms with E-state index in [1.807, 2.05) is 32.0 Å². The van der Waals surface area contributed by atoms with Gasteiger partial charge < -0.3 is 15.0 Å². The molecule has 0 aliphatic carbocycles. The zero-order valence-electron chi connectivity index (χ0n) is 15.7. The molecule has 1 N–H and O–H groups in total. The van der Waals surface area contributed by atoms with Crippen molar-refractivity contribution in [2.75, 3.05) is 25.5 Å². The first-order chi connectivity index (χ1) is 13.2. The average Bonchev–Trinajstić information content (AvgIpc) is 2.64. The quantitative estimate of drug-likeness (QED) is 0.770. The SMILES string of the molecule is Cc1cccc(C)c1NC(=O)CN(C)C(=O)COC(=O)c1ccc(F)c(F)c1. The molecule has 0 spiro atoms. The van der Waals surface area contributed by atoms with Crippen molar-refractivity contribution >= 4 is 23.5 Å². The number of nitrogens with one attached hydrogen (secondary N) is 1. The van der Waals surface area contributed by atoms with Gasteiger partial charge in [-0.15, -0.1) is 0 Å². The number of benzene rings is 2. The summed E-state index contributed by atoms with van der Waals surface area (Å²) in [7, 11) is 1.39. The summed E-state index contributed by atoms with van der Waals surface area (Å²) in [6.45, 7) is 2.84. The summed E-state index contributed by atoms with van der Waals surface area (Å²) < 4.78 is 30.8. The number of anilines is 1. The Hall–Kier alpha value is -3.29. The number of esters is 1. The minimum atomic E-state index is -1.19. The van der Waals surface area contributed by atoms with Crippen LogP contribution in [0.25, 0.3) is 0 Å². The van der Waals surface area contributed by atoms with Crippen molar-refractivity contribution in [3.8, 4) is 0 Å². The number of hydrogen-bond acceptors (Lipinski definition) is 4. The zero-order chi connectivity index (χ0) is 20.8. The van der Waals surface area contributed by atoms with Crippen LogP contribution in [0.2, 0.25) is 0 Å². The van der Waals surface area contributed by atoms with Gasteiger partial charge in [-0.2, -0.15) is 0 Å². The number of aryl methyl sites for hydroxylation is 2. The van der Waals surface area contributed by atoms with Crippen LogP contribution in [0.5, 0.6) is 0 Å². The molecule has 0 bridgehead atoms. The van der Waals surface area contributed by atoms with Gasteiger partial charge in [0.1, 0.15) is 0 Å². The van der Waals surface area contributed by atoms with Crippen LogP contribution in [0.4, 0.5) is 14.5 Å². The highest BCUT2D eigenvalue weighted by Gasteiger charge is 2.17. The second-order valence-electron chi connectivity index (χ2n) is 6.27. The van der Waals surface area contributed by atoms with E-state index in [1.165, 1.54) is 7.05 Å². The van der Waals surface area contributed by atoms with E-state index >= 15 is 0 Å². The number of para-hydroxylation sites is 1. The monoisotopic (exact) mass is 390 g/mol. The van der Waals surface area contributed by atoms with Gasteiger partial charge in [0.15, 0.2) is 18.2 Å². The molecular weight excluding hydrogens is 370 g/mol. The maximum atomic E-state index is 13.1. The van der Waals surface area contributed by atoms with E-state index < -0.39 is 36.0 Å². The number of likely N-dealkylation sites (N-methyl/N-ethyl adjacent to an activating group) is 1. The van der Waals surface area contributed by atoms with E-state index in [2.05, 4.69) is 5.32 Å². The second kappa shape index (κ2) is 9.07. The van der Waals surface area contributed by atoms with E-state index in [9.17, 15) is 23.2 Å². The van der Waals surface area contributed by atoms with E-state index in [0.717, 1.165) is 28.2 Å². The highest BCUT2D eigenvalue weighted by atomic mass is 19.2. The van der Waals surface area contributed by atoms with Crippen LogP contribution in [0, 0.1) is 25.5 Å². The van der Waals surface area contributed by atoms with Gasteiger partial charge in [-0.3, -0.25) is 9.59 Å². The number of rotatable bonds is 6. The predicted octanol–water partition coefficient (Wildman–Crippen LogP) is 2.84. The molecule has 2 amide bonds. The second-order valence-corrected chi connectivity index (χ2v) is 6.27. The Balaban J connectivity index is 1.87. The van der Waals surface area contributed by atoms with Crippen molar-refractivity contribution in [2.24, 2.45) is 0 Å². The summed E-state index contributed by atoms with van der Waals surface area (Å²) in [6, 6.07) is 8.11. The molecule has 2 rings (SSSR count). The maximum Gasteiger partial charge on any atom is 0.338 e. The number of nitrogens with zero attached hydrogens (tertiary/aromatic N) is 1. The van der Waals surface area contributed by atoms with Gasteiger partial charge in [-0.1, -0.05) is 18.2 Å². The van der Waals surface area contributed by atoms with Crippen LogP contribution in [-0.2, 0) is 14.3 Å². The van der Waals surface area contributed by atoms with Gasteiger partial charge in [0.05, 0.1) is 12.1 Å². The van der Waals surface area contributed by atoms with Crippen molar-refractivity contribution in [1.82, 2.24) is 4.90 Å². The lowest BCUT2D eigenvalue weighted by Crippen LogP contribution is -2.37. The molecule has 0 aromatic heterocycles. The molecule has 2 aromatic rings. The minimum absolute atomic E-state index is 0.220. The first-order valence-electron chi connectivity index (χ1n) is 8.41. The molecule has 0 saturated carbocycles. The Kier molecular flexibility index (Phi) is 6.81. The zero-order valence-corrected chi connectivity index (χ0v) is 15.7. The Morgan fingerprint density at radius 2 is 1.68 bits per heavy atom. The Bertz CT molecular complexity index is 895. The third-order valence-electron chi connectivity index (χ3n) is 4.03. The predicted molar refractivity (Wildman–Crippen MR) is 98.8 cm³/mol. The molecule has 148 valence electrons. The molecule has 0 atom stereocenters. The molecule has 28 heavy (non-hydrogen) atoms. The highest BCUT2D eigenvalue weighted by molar-refractivity contribution is 5.96. The summed E-state index contributed by atoms with van der Waals surface area (Å²) in [6.07, 6.45) is 0. The maximum absolute atomic E-state index is 13.1. The lowest BCUT2D eigenvalue weighted by atomic mass is 10.1. The summed E-state index contributed by atoms with van der Waals surface area (Å²) in [5.74, 6) is -4.28. The lowest BCUT2D eigenvalue weighted by molar-refractivity contribution is -0.136. The van der Waals surface area contributed by atoms with Crippen molar-refractivity contribution in [3.05, 3.63) is 64.7 Å². The van der Waals surface area contributed by atoms with Crippen LogP contribution in [-0.4, -0.2) is 42.9 Å². The van der Waals surface area contributed by atoms with Crippen LogP contribution < -0.4 is 5.32 Å². The fraction of sp³-hybridized carbons (Fsp3) is 0.250. The molecule has 2 aromatic carbocycles. The van der Waals surface area contributed by atoms with Crippen LogP contribution >= 0.6 is 0 Å². The van der Waals surface area contributed by atoms with Gasteiger partial charge in [0, 0.05) is 12.7 Å². The highest BCUT2D eigenvalue weighted by Crippen LogP contribution is 2.19. The fourth-order valence-corrected chi connectivity index (χ4v) is 2.44. The summed E-state index contributed by atoms with van der Waals surface area (Å²) >= 11 is 0. The molecule has 0 heterocycles. The first kappa shape index (κ1) is 21.0. The molecule has 0 saturated heterocycles. The Morgan fingerprint density at radius 3 is 2.29 bits per heavy atom. The number of carbonyl (C=O) groups is 3. The molecule has 0 unspecified atom stereocenters. The molecule has 6 nitrogen and oxygen atoms in total. The van der Waals surface area contributed by atoms with Crippen molar-refractivity contribution < 1.29 is 27.9 Å². The standard InChI is InChI=1S/C20H20F2N2O4/c1-12-5-4-6-13(2)19(12)23-17(25)10-24(3)18(26)11-28-20(27)14-7-8-15(21)16(22)9-14/h4-9H,10-11H2,1-3H3,(H,23,25). The molecule has 0 fully saturated rings. The number of hydrogen-bond donors (Lipinski definition) is 1. The molecule has 8 heteroatoms. The Morgan fingerprint density at radius 1 is 1.04 bits per heavy atom. The van der Waals surface area contributed by atoms with E-state index in [-0.39, 0.29) is 12.1 Å². The smallest absolute Gasteiger partial charge is 0.338 e. The third kappa shape index (κ3) is 5.35. The molecule has 0 radical (unpaired) electrons. The summed E-state index contributed by atoms with van der Waals surface area (Å²) in [5, 5.41) is 2.75. The number of amides is 2. The van der Waals surface area contributed by atoms with Gasteiger partial charge >= 0.3 is 5.97 Å². The van der Waals surface area contributed by atoms with Crippen molar-refractivity contribution in [1.29, 1.82) is 0 Å². The van der Waals surface area contributed by atoms with Crippen LogP contribution in [0.1, 0.15) is 21.5 Å². The fourth-order valence-electron chi connectivity index (χ4n) is 2.44. The van der Waals surface area contributed by atoms with E-state index in [0.29, 0.717) is 11.8 Å². The largest absolute Gasteiger partial charge is 0.452 e. The number of halogens is 2. The summed E-state index contributed by atoms with van der Waals surface area (Å²) in [4.78, 5) is 37.1. The summed E-state index contributed by atoms with van der Waals surface area (Å²) in [5.41, 5.74) is 2.24. The number of ether oxygens (including phenoxy) is 1. The Labute approximate surface area is 161 Å². The first-order valence-corrected chi connectivity index (χ1v) is 8.41. The minimum Gasteiger partial charge on any atom is -0.452 e. The molecule has 0 aliphatic heterocycles. The third-order valence-corrected chi connectivity index (χ3v) is 4.03. The van der Waals surface area contributed by atoms with Gasteiger partial charge in [-0.05, 0) is 43.2 Å².